The standard InChI is InChI=1S/C16H22N4O/c1-5-10(2)12-6-8-13(9-7-12)21-16-14(15(17)18)11(3)19-20(16)4/h6-10H,5H2,1-4H3,(H3,17,18). The monoisotopic (exact) mass is 286 g/mol. The molecule has 1 heterocycles. The fourth-order valence-electron chi connectivity index (χ4n) is 2.28. The highest BCUT2D eigenvalue weighted by atomic mass is 16.5. The van der Waals surface area contributed by atoms with E-state index in [2.05, 4.69) is 31.1 Å². The summed E-state index contributed by atoms with van der Waals surface area (Å²) in [6.07, 6.45) is 1.11. The van der Waals surface area contributed by atoms with Gasteiger partial charge >= 0.3 is 0 Å². The number of amidine groups is 1. The molecule has 0 amide bonds. The molecule has 0 saturated carbocycles. The molecule has 0 bridgehead atoms. The second kappa shape index (κ2) is 5.99. The van der Waals surface area contributed by atoms with Gasteiger partial charge in [0.1, 0.15) is 17.1 Å². The van der Waals surface area contributed by atoms with Gasteiger partial charge in [0.05, 0.1) is 5.69 Å². The average Bonchev–Trinajstić information content (AvgIpc) is 2.73. The lowest BCUT2D eigenvalue weighted by molar-refractivity contribution is 0.429. The summed E-state index contributed by atoms with van der Waals surface area (Å²) in [6, 6.07) is 8.02. The number of rotatable bonds is 5. The maximum absolute atomic E-state index is 7.66. The lowest BCUT2D eigenvalue weighted by atomic mass is 9.99. The van der Waals surface area contributed by atoms with E-state index in [9.17, 15) is 0 Å². The number of nitrogens with two attached hydrogens (primary N) is 1. The number of nitrogens with zero attached hydrogens (tertiary/aromatic N) is 2. The zero-order valence-electron chi connectivity index (χ0n) is 13.0. The maximum atomic E-state index is 7.66. The fourth-order valence-corrected chi connectivity index (χ4v) is 2.28. The van der Waals surface area contributed by atoms with Crippen LogP contribution in [0.5, 0.6) is 11.6 Å². The van der Waals surface area contributed by atoms with E-state index in [0.717, 1.165) is 6.42 Å². The predicted molar refractivity (Wildman–Crippen MR) is 84.2 cm³/mol. The van der Waals surface area contributed by atoms with Crippen molar-refractivity contribution in [3.05, 3.63) is 41.1 Å². The minimum atomic E-state index is -0.0353. The minimum absolute atomic E-state index is 0.0353. The Hall–Kier alpha value is -2.30. The van der Waals surface area contributed by atoms with Crippen LogP contribution in [-0.4, -0.2) is 15.6 Å². The van der Waals surface area contributed by atoms with Crippen molar-refractivity contribution in [2.75, 3.05) is 0 Å². The molecule has 21 heavy (non-hydrogen) atoms. The van der Waals surface area contributed by atoms with E-state index >= 15 is 0 Å². The van der Waals surface area contributed by atoms with Gasteiger partial charge in [0.2, 0.25) is 5.88 Å². The van der Waals surface area contributed by atoms with E-state index in [4.69, 9.17) is 15.9 Å². The first-order valence-electron chi connectivity index (χ1n) is 7.09. The summed E-state index contributed by atoms with van der Waals surface area (Å²) in [7, 11) is 1.78. The molecule has 5 heteroatoms. The van der Waals surface area contributed by atoms with Crippen LogP contribution in [0.3, 0.4) is 0 Å². The number of ether oxygens (including phenoxy) is 1. The summed E-state index contributed by atoms with van der Waals surface area (Å²) in [5, 5.41) is 11.9. The van der Waals surface area contributed by atoms with Crippen molar-refractivity contribution in [2.45, 2.75) is 33.1 Å². The van der Waals surface area contributed by atoms with Crippen molar-refractivity contribution in [3.8, 4) is 11.6 Å². The molecule has 0 aliphatic carbocycles. The number of nitrogens with one attached hydrogen (secondary N) is 1. The number of aromatic nitrogens is 2. The van der Waals surface area contributed by atoms with Gasteiger partial charge in [0.15, 0.2) is 0 Å². The van der Waals surface area contributed by atoms with Crippen molar-refractivity contribution in [1.29, 1.82) is 5.41 Å². The van der Waals surface area contributed by atoms with Crippen molar-refractivity contribution < 1.29 is 4.74 Å². The Kier molecular flexibility index (Phi) is 4.31. The smallest absolute Gasteiger partial charge is 0.228 e. The molecule has 2 aromatic rings. The molecule has 0 aliphatic rings. The average molecular weight is 286 g/mol. The molecule has 5 nitrogen and oxygen atoms in total. The lowest BCUT2D eigenvalue weighted by Gasteiger charge is -2.11. The fraction of sp³-hybridized carbons (Fsp3) is 0.375. The Bertz CT molecular complexity index is 643. The maximum Gasteiger partial charge on any atom is 0.228 e. The summed E-state index contributed by atoms with van der Waals surface area (Å²) < 4.78 is 7.48. The summed E-state index contributed by atoms with van der Waals surface area (Å²) >= 11 is 0. The van der Waals surface area contributed by atoms with Crippen LogP contribution in [0.4, 0.5) is 0 Å². The number of benzene rings is 1. The summed E-state index contributed by atoms with van der Waals surface area (Å²) in [6.45, 7) is 6.19. The summed E-state index contributed by atoms with van der Waals surface area (Å²) in [5.41, 5.74) is 8.14. The SMILES string of the molecule is CCC(C)c1ccc(Oc2c(C(=N)N)c(C)nn2C)cc1. The molecule has 0 fully saturated rings. The third kappa shape index (κ3) is 3.07. The Morgan fingerprint density at radius 2 is 2.00 bits per heavy atom. The van der Waals surface area contributed by atoms with Gasteiger partial charge < -0.3 is 10.5 Å². The number of nitrogen functional groups attached to an aromatic ring is 1. The van der Waals surface area contributed by atoms with Crippen LogP contribution in [0.2, 0.25) is 0 Å². The molecule has 1 aromatic heterocycles. The van der Waals surface area contributed by atoms with Crippen LogP contribution >= 0.6 is 0 Å². The van der Waals surface area contributed by atoms with Crippen molar-refractivity contribution in [1.82, 2.24) is 9.78 Å². The van der Waals surface area contributed by atoms with Crippen molar-refractivity contribution in [3.63, 3.8) is 0 Å². The van der Waals surface area contributed by atoms with Crippen molar-refractivity contribution in [2.24, 2.45) is 12.8 Å². The highest BCUT2D eigenvalue weighted by Crippen LogP contribution is 2.28. The second-order valence-electron chi connectivity index (χ2n) is 5.28. The highest BCUT2D eigenvalue weighted by Gasteiger charge is 2.18. The Morgan fingerprint density at radius 1 is 1.38 bits per heavy atom. The molecule has 0 radical (unpaired) electrons. The van der Waals surface area contributed by atoms with Crippen LogP contribution in [0.15, 0.2) is 24.3 Å². The first kappa shape index (κ1) is 15.1. The molecule has 0 spiro atoms. The molecule has 1 aromatic carbocycles. The van der Waals surface area contributed by atoms with E-state index in [-0.39, 0.29) is 5.84 Å². The van der Waals surface area contributed by atoms with Crippen molar-refractivity contribution >= 4 is 5.84 Å². The predicted octanol–water partition coefficient (Wildman–Crippen LogP) is 3.32. The topological polar surface area (TPSA) is 76.9 Å². The first-order valence-corrected chi connectivity index (χ1v) is 7.09. The molecular formula is C16H22N4O. The third-order valence-electron chi connectivity index (χ3n) is 3.71. The van der Waals surface area contributed by atoms with Gasteiger partial charge in [-0.05, 0) is 37.0 Å². The van der Waals surface area contributed by atoms with Crippen LogP contribution in [0, 0.1) is 12.3 Å². The highest BCUT2D eigenvalue weighted by molar-refractivity contribution is 5.98. The van der Waals surface area contributed by atoms with E-state index in [1.807, 2.05) is 19.1 Å². The van der Waals surface area contributed by atoms with Gasteiger partial charge in [-0.15, -0.1) is 0 Å². The molecule has 1 atom stereocenters. The van der Waals surface area contributed by atoms with Crippen LogP contribution < -0.4 is 10.5 Å². The summed E-state index contributed by atoms with van der Waals surface area (Å²) in [4.78, 5) is 0. The van der Waals surface area contributed by atoms with Crippen LogP contribution in [0.25, 0.3) is 0 Å². The van der Waals surface area contributed by atoms with Crippen LogP contribution in [-0.2, 0) is 7.05 Å². The summed E-state index contributed by atoms with van der Waals surface area (Å²) in [5.74, 6) is 1.71. The van der Waals surface area contributed by atoms with Gasteiger partial charge in [-0.3, -0.25) is 5.41 Å². The third-order valence-corrected chi connectivity index (χ3v) is 3.71. The van der Waals surface area contributed by atoms with Crippen LogP contribution in [0.1, 0.15) is 43.0 Å². The zero-order valence-corrected chi connectivity index (χ0v) is 13.0. The first-order chi connectivity index (χ1) is 9.93. The number of hydrogen-bond acceptors (Lipinski definition) is 3. The Labute approximate surface area is 125 Å². The van der Waals surface area contributed by atoms with Gasteiger partial charge in [0.25, 0.3) is 0 Å². The normalized spacial score (nSPS) is 12.2. The molecule has 0 saturated heterocycles. The zero-order chi connectivity index (χ0) is 15.6. The second-order valence-corrected chi connectivity index (χ2v) is 5.28. The van der Waals surface area contributed by atoms with Gasteiger partial charge in [-0.1, -0.05) is 26.0 Å². The van der Waals surface area contributed by atoms with E-state index in [0.29, 0.717) is 28.8 Å². The molecule has 0 aliphatic heterocycles. The van der Waals surface area contributed by atoms with Gasteiger partial charge in [-0.2, -0.15) is 5.10 Å². The molecule has 3 N–H and O–H groups in total. The van der Waals surface area contributed by atoms with E-state index < -0.39 is 0 Å². The number of aryl methyl sites for hydroxylation is 2. The van der Waals surface area contributed by atoms with E-state index in [1.54, 1.807) is 11.7 Å². The molecule has 2 rings (SSSR count). The largest absolute Gasteiger partial charge is 0.439 e. The Morgan fingerprint density at radius 3 is 2.52 bits per heavy atom. The Balaban J connectivity index is 2.28. The lowest BCUT2D eigenvalue weighted by Crippen LogP contribution is -2.13. The van der Waals surface area contributed by atoms with Gasteiger partial charge in [-0.25, -0.2) is 4.68 Å². The molecule has 1 unspecified atom stereocenters. The molecule has 112 valence electrons. The van der Waals surface area contributed by atoms with E-state index in [1.165, 1.54) is 5.56 Å². The van der Waals surface area contributed by atoms with Gasteiger partial charge in [0, 0.05) is 7.05 Å². The quantitative estimate of drug-likeness (QED) is 0.654. The minimum Gasteiger partial charge on any atom is -0.439 e. The molecular weight excluding hydrogens is 264 g/mol. The number of hydrogen-bond donors (Lipinski definition) is 2.